The van der Waals surface area contributed by atoms with Crippen molar-refractivity contribution in [2.75, 3.05) is 19.8 Å². The predicted octanol–water partition coefficient (Wildman–Crippen LogP) is 1.19. The first-order valence-electron chi connectivity index (χ1n) is 9.07. The zero-order valence-corrected chi connectivity index (χ0v) is 14.4. The van der Waals surface area contributed by atoms with Crippen LogP contribution < -0.4 is 10.6 Å². The van der Waals surface area contributed by atoms with Gasteiger partial charge < -0.3 is 20.1 Å². The standard InChI is InChI=1S/C19H26N2O4/c22-18(16-8-4-10-24-16)20-13-15(12-14-6-2-1-3-7-14)21-19(23)17-9-5-11-25-17/h1-3,6-7,15-17H,4-5,8-13H2,(H,20,22)(H,21,23)/t15-,16+,17-/m0/s1. The van der Waals surface area contributed by atoms with Gasteiger partial charge in [0.2, 0.25) is 11.8 Å². The summed E-state index contributed by atoms with van der Waals surface area (Å²) in [6.07, 6.45) is 3.28. The number of nitrogens with one attached hydrogen (secondary N) is 2. The fourth-order valence-electron chi connectivity index (χ4n) is 3.27. The van der Waals surface area contributed by atoms with Crippen molar-refractivity contribution in [2.45, 2.75) is 50.4 Å². The molecule has 6 nitrogen and oxygen atoms in total. The molecule has 2 N–H and O–H groups in total. The van der Waals surface area contributed by atoms with Gasteiger partial charge in [0.1, 0.15) is 12.2 Å². The van der Waals surface area contributed by atoms with Gasteiger partial charge in [-0.25, -0.2) is 0 Å². The van der Waals surface area contributed by atoms with Gasteiger partial charge in [-0.05, 0) is 37.7 Å². The third-order valence-corrected chi connectivity index (χ3v) is 4.64. The van der Waals surface area contributed by atoms with Gasteiger partial charge >= 0.3 is 0 Å². The van der Waals surface area contributed by atoms with E-state index in [9.17, 15) is 9.59 Å². The Kier molecular flexibility index (Phi) is 6.42. The third-order valence-electron chi connectivity index (χ3n) is 4.64. The zero-order chi connectivity index (χ0) is 17.5. The predicted molar refractivity (Wildman–Crippen MR) is 93.0 cm³/mol. The molecule has 0 bridgehead atoms. The first-order chi connectivity index (χ1) is 12.2. The van der Waals surface area contributed by atoms with Crippen LogP contribution in [0, 0.1) is 0 Å². The maximum absolute atomic E-state index is 12.4. The molecule has 0 aromatic heterocycles. The van der Waals surface area contributed by atoms with Crippen molar-refractivity contribution in [3.05, 3.63) is 35.9 Å². The molecular formula is C19H26N2O4. The van der Waals surface area contributed by atoms with E-state index in [0.717, 1.165) is 31.2 Å². The van der Waals surface area contributed by atoms with Gasteiger partial charge in [-0.1, -0.05) is 30.3 Å². The monoisotopic (exact) mass is 346 g/mol. The van der Waals surface area contributed by atoms with Crippen LogP contribution in [-0.2, 0) is 25.5 Å². The topological polar surface area (TPSA) is 76.7 Å². The molecule has 25 heavy (non-hydrogen) atoms. The summed E-state index contributed by atoms with van der Waals surface area (Å²) in [4.78, 5) is 24.5. The maximum atomic E-state index is 12.4. The van der Waals surface area contributed by atoms with Gasteiger partial charge in [0.15, 0.2) is 0 Å². The fraction of sp³-hybridized carbons (Fsp3) is 0.579. The Hall–Kier alpha value is -1.92. The average molecular weight is 346 g/mol. The third kappa shape index (κ3) is 5.28. The quantitative estimate of drug-likeness (QED) is 0.777. The van der Waals surface area contributed by atoms with Crippen LogP contribution in [0.3, 0.4) is 0 Å². The lowest BCUT2D eigenvalue weighted by Crippen LogP contribution is -2.49. The largest absolute Gasteiger partial charge is 0.368 e. The van der Waals surface area contributed by atoms with Crippen molar-refractivity contribution in [1.29, 1.82) is 0 Å². The summed E-state index contributed by atoms with van der Waals surface area (Å²) < 4.78 is 10.9. The van der Waals surface area contributed by atoms with Gasteiger partial charge in [0.25, 0.3) is 0 Å². The van der Waals surface area contributed by atoms with Crippen LogP contribution in [0.25, 0.3) is 0 Å². The minimum atomic E-state index is -0.368. The van der Waals surface area contributed by atoms with Crippen LogP contribution in [0.15, 0.2) is 30.3 Å². The second kappa shape index (κ2) is 8.97. The number of ether oxygens (including phenoxy) is 2. The Morgan fingerprint density at radius 2 is 1.64 bits per heavy atom. The second-order valence-corrected chi connectivity index (χ2v) is 6.64. The molecule has 2 amide bonds. The van der Waals surface area contributed by atoms with E-state index >= 15 is 0 Å². The van der Waals surface area contributed by atoms with Crippen LogP contribution in [0.5, 0.6) is 0 Å². The van der Waals surface area contributed by atoms with Gasteiger partial charge in [-0.3, -0.25) is 9.59 Å². The highest BCUT2D eigenvalue weighted by molar-refractivity contribution is 5.82. The molecule has 0 unspecified atom stereocenters. The average Bonchev–Trinajstić information content (AvgIpc) is 3.33. The molecule has 2 heterocycles. The molecule has 2 aliphatic heterocycles. The Bertz CT molecular complexity index is 566. The summed E-state index contributed by atoms with van der Waals surface area (Å²) in [5, 5.41) is 5.96. The van der Waals surface area contributed by atoms with E-state index in [1.807, 2.05) is 30.3 Å². The summed E-state index contributed by atoms with van der Waals surface area (Å²) in [6, 6.07) is 9.77. The van der Waals surface area contributed by atoms with Crippen LogP contribution in [0.1, 0.15) is 31.2 Å². The van der Waals surface area contributed by atoms with E-state index in [1.54, 1.807) is 0 Å². The normalized spacial score (nSPS) is 24.0. The summed E-state index contributed by atoms with van der Waals surface area (Å²) in [5.74, 6) is -0.188. The molecule has 0 aliphatic carbocycles. The summed E-state index contributed by atoms with van der Waals surface area (Å²) >= 11 is 0. The summed E-state index contributed by atoms with van der Waals surface area (Å²) in [7, 11) is 0. The van der Waals surface area contributed by atoms with E-state index in [2.05, 4.69) is 10.6 Å². The first-order valence-corrected chi connectivity index (χ1v) is 9.07. The lowest BCUT2D eigenvalue weighted by atomic mass is 10.0. The number of amides is 2. The highest BCUT2D eigenvalue weighted by Crippen LogP contribution is 2.13. The molecular weight excluding hydrogens is 320 g/mol. The van der Waals surface area contributed by atoms with Crippen molar-refractivity contribution < 1.29 is 19.1 Å². The minimum absolute atomic E-state index is 0.0928. The summed E-state index contributed by atoms with van der Waals surface area (Å²) in [5.41, 5.74) is 1.12. The van der Waals surface area contributed by atoms with E-state index in [0.29, 0.717) is 26.2 Å². The van der Waals surface area contributed by atoms with Crippen LogP contribution in [0.4, 0.5) is 0 Å². The maximum Gasteiger partial charge on any atom is 0.249 e. The SMILES string of the molecule is O=C(N[C@H](CNC(=O)[C@H]1CCCO1)Cc1ccccc1)[C@@H]1CCCO1. The Morgan fingerprint density at radius 3 is 2.24 bits per heavy atom. The molecule has 1 aromatic rings. The minimum Gasteiger partial charge on any atom is -0.368 e. The number of rotatable bonds is 7. The van der Waals surface area contributed by atoms with E-state index < -0.39 is 0 Å². The van der Waals surface area contributed by atoms with Gasteiger partial charge in [-0.2, -0.15) is 0 Å². The fourth-order valence-corrected chi connectivity index (χ4v) is 3.27. The molecule has 6 heteroatoms. The zero-order valence-electron chi connectivity index (χ0n) is 14.4. The number of benzene rings is 1. The van der Waals surface area contributed by atoms with Crippen LogP contribution in [-0.4, -0.2) is 49.8 Å². The van der Waals surface area contributed by atoms with E-state index in [1.165, 1.54) is 0 Å². The molecule has 136 valence electrons. The molecule has 2 fully saturated rings. The van der Waals surface area contributed by atoms with E-state index in [-0.39, 0.29) is 30.1 Å². The lowest BCUT2D eigenvalue weighted by molar-refractivity contribution is -0.132. The van der Waals surface area contributed by atoms with Crippen LogP contribution in [0.2, 0.25) is 0 Å². The Balaban J connectivity index is 1.56. The smallest absolute Gasteiger partial charge is 0.249 e. The number of carbonyl (C=O) groups excluding carboxylic acids is 2. The van der Waals surface area contributed by atoms with Crippen molar-refractivity contribution in [2.24, 2.45) is 0 Å². The molecule has 1 aromatic carbocycles. The molecule has 0 saturated carbocycles. The van der Waals surface area contributed by atoms with Crippen LogP contribution >= 0.6 is 0 Å². The van der Waals surface area contributed by atoms with Gasteiger partial charge in [0, 0.05) is 19.8 Å². The Labute approximate surface area is 148 Å². The van der Waals surface area contributed by atoms with Crippen molar-refractivity contribution in [3.8, 4) is 0 Å². The first kappa shape index (κ1) is 17.9. The molecule has 0 radical (unpaired) electrons. The van der Waals surface area contributed by atoms with Gasteiger partial charge in [0.05, 0.1) is 6.04 Å². The number of carbonyl (C=O) groups is 2. The van der Waals surface area contributed by atoms with E-state index in [4.69, 9.17) is 9.47 Å². The second-order valence-electron chi connectivity index (χ2n) is 6.64. The molecule has 3 atom stereocenters. The number of hydrogen-bond donors (Lipinski definition) is 2. The van der Waals surface area contributed by atoms with Crippen molar-refractivity contribution in [1.82, 2.24) is 10.6 Å². The number of hydrogen-bond acceptors (Lipinski definition) is 4. The van der Waals surface area contributed by atoms with Crippen molar-refractivity contribution in [3.63, 3.8) is 0 Å². The summed E-state index contributed by atoms with van der Waals surface area (Å²) in [6.45, 7) is 1.66. The van der Waals surface area contributed by atoms with Gasteiger partial charge in [-0.15, -0.1) is 0 Å². The molecule has 2 saturated heterocycles. The molecule has 2 aliphatic rings. The van der Waals surface area contributed by atoms with Crippen molar-refractivity contribution >= 4 is 11.8 Å². The molecule has 0 spiro atoms. The molecule has 3 rings (SSSR count). The Morgan fingerprint density at radius 1 is 1.00 bits per heavy atom. The highest BCUT2D eigenvalue weighted by Gasteiger charge is 2.27. The lowest BCUT2D eigenvalue weighted by Gasteiger charge is -2.22. The highest BCUT2D eigenvalue weighted by atomic mass is 16.5.